The first kappa shape index (κ1) is 17.5. The van der Waals surface area contributed by atoms with Gasteiger partial charge in [0.25, 0.3) is 0 Å². The van der Waals surface area contributed by atoms with Gasteiger partial charge in [0.05, 0.1) is 5.69 Å². The van der Waals surface area contributed by atoms with Crippen molar-refractivity contribution in [2.75, 3.05) is 0 Å². The van der Waals surface area contributed by atoms with Crippen LogP contribution in [0.25, 0.3) is 28.8 Å². The molecule has 0 N–H and O–H groups in total. The van der Waals surface area contributed by atoms with Crippen LogP contribution in [0, 0.1) is 0 Å². The van der Waals surface area contributed by atoms with Gasteiger partial charge in [0.1, 0.15) is 16.3 Å². The zero-order chi connectivity index (χ0) is 19.6. The van der Waals surface area contributed by atoms with Crippen LogP contribution in [-0.4, -0.2) is 9.38 Å². The average Bonchev–Trinajstić information content (AvgIpc) is 3.10. The maximum absolute atomic E-state index is 12.1. The summed E-state index contributed by atoms with van der Waals surface area (Å²) in [6, 6.07) is 25.1. The molecule has 5 heteroatoms. The monoisotopic (exact) mass is 396 g/mol. The number of nitrogens with zero attached hydrogens (tertiary/aromatic N) is 2. The van der Waals surface area contributed by atoms with Crippen LogP contribution >= 0.6 is 11.8 Å². The summed E-state index contributed by atoms with van der Waals surface area (Å²) < 4.78 is 7.38. The maximum atomic E-state index is 12.1. The van der Waals surface area contributed by atoms with Crippen molar-refractivity contribution >= 4 is 40.5 Å². The summed E-state index contributed by atoms with van der Waals surface area (Å²) in [7, 11) is 0. The molecule has 0 atom stereocenters. The number of para-hydroxylation sites is 1. The fourth-order valence-corrected chi connectivity index (χ4v) is 4.32. The third-order valence-corrected chi connectivity index (χ3v) is 5.72. The van der Waals surface area contributed by atoms with E-state index in [4.69, 9.17) is 9.40 Å². The van der Waals surface area contributed by atoms with Crippen molar-refractivity contribution in [3.8, 4) is 0 Å². The number of fused-ring (bicyclic) bond motifs is 2. The van der Waals surface area contributed by atoms with E-state index in [0.29, 0.717) is 5.58 Å². The van der Waals surface area contributed by atoms with E-state index in [9.17, 15) is 4.79 Å². The van der Waals surface area contributed by atoms with Crippen molar-refractivity contribution in [2.24, 2.45) is 0 Å². The van der Waals surface area contributed by atoms with Crippen LogP contribution in [0.2, 0.25) is 0 Å². The molecule has 29 heavy (non-hydrogen) atoms. The second-order valence-corrected chi connectivity index (χ2v) is 7.53. The van der Waals surface area contributed by atoms with E-state index in [2.05, 4.69) is 12.1 Å². The average molecular weight is 396 g/mol. The first-order chi connectivity index (χ1) is 14.3. The molecule has 4 nitrogen and oxygen atoms in total. The fourth-order valence-electron chi connectivity index (χ4n) is 3.21. The molecule has 0 unspecified atom stereocenters. The molecule has 2 aromatic carbocycles. The van der Waals surface area contributed by atoms with Crippen molar-refractivity contribution in [1.29, 1.82) is 0 Å². The highest BCUT2D eigenvalue weighted by molar-refractivity contribution is 7.99. The highest BCUT2D eigenvalue weighted by Crippen LogP contribution is 2.35. The Morgan fingerprint density at radius 3 is 2.59 bits per heavy atom. The predicted octanol–water partition coefficient (Wildman–Crippen LogP) is 5.76. The van der Waals surface area contributed by atoms with Crippen molar-refractivity contribution in [3.05, 3.63) is 107 Å². The van der Waals surface area contributed by atoms with Gasteiger partial charge in [-0.2, -0.15) is 0 Å². The Bertz CT molecular complexity index is 1400. The molecular formula is C24H16N2O2S. The van der Waals surface area contributed by atoms with E-state index < -0.39 is 0 Å². The smallest absolute Gasteiger partial charge is 0.337 e. The summed E-state index contributed by atoms with van der Waals surface area (Å²) in [4.78, 5) is 17.7. The third-order valence-electron chi connectivity index (χ3n) is 4.56. The summed E-state index contributed by atoms with van der Waals surface area (Å²) >= 11 is 1.52. The Kier molecular flexibility index (Phi) is 4.50. The Morgan fingerprint density at radius 1 is 0.897 bits per heavy atom. The number of imidazole rings is 1. The molecule has 0 amide bonds. The largest absolute Gasteiger partial charge is 0.423 e. The van der Waals surface area contributed by atoms with Crippen LogP contribution in [-0.2, 0) is 0 Å². The molecule has 0 aliphatic carbocycles. The van der Waals surface area contributed by atoms with Gasteiger partial charge in [-0.15, -0.1) is 0 Å². The quantitative estimate of drug-likeness (QED) is 0.362. The molecule has 5 aromatic rings. The highest BCUT2D eigenvalue weighted by Gasteiger charge is 2.14. The van der Waals surface area contributed by atoms with Gasteiger partial charge in [0.15, 0.2) is 0 Å². The molecule has 0 saturated carbocycles. The topological polar surface area (TPSA) is 47.5 Å². The van der Waals surface area contributed by atoms with Gasteiger partial charge in [0, 0.05) is 22.5 Å². The number of hydrogen-bond donors (Lipinski definition) is 0. The summed E-state index contributed by atoms with van der Waals surface area (Å²) in [5, 5.41) is 1.85. The van der Waals surface area contributed by atoms with Gasteiger partial charge in [-0.1, -0.05) is 72.4 Å². The minimum Gasteiger partial charge on any atom is -0.423 e. The standard InChI is InChI=1S/C24H16N2O2S/c27-23-16-21(18-10-4-5-11-20(18)28-23)29-24-19(14-13-17-8-2-1-3-9-17)25-22-12-6-7-15-26(22)24/h1-16H. The van der Waals surface area contributed by atoms with Crippen LogP contribution in [0.4, 0.5) is 0 Å². The minimum absolute atomic E-state index is 0.360. The normalized spacial score (nSPS) is 11.6. The number of pyridine rings is 1. The van der Waals surface area contributed by atoms with Crippen LogP contribution in [0.3, 0.4) is 0 Å². The van der Waals surface area contributed by atoms with Crippen molar-refractivity contribution in [2.45, 2.75) is 9.92 Å². The van der Waals surface area contributed by atoms with Crippen LogP contribution < -0.4 is 5.63 Å². The van der Waals surface area contributed by atoms with Gasteiger partial charge in [-0.25, -0.2) is 9.78 Å². The molecular weight excluding hydrogens is 380 g/mol. The molecule has 0 aliphatic heterocycles. The summed E-state index contributed by atoms with van der Waals surface area (Å²) in [5.41, 5.74) is 3.03. The lowest BCUT2D eigenvalue weighted by Gasteiger charge is -2.06. The number of benzene rings is 2. The van der Waals surface area contributed by atoms with E-state index in [-0.39, 0.29) is 5.63 Å². The third kappa shape index (κ3) is 3.48. The molecule has 3 heterocycles. The number of hydrogen-bond acceptors (Lipinski definition) is 4. The van der Waals surface area contributed by atoms with Crippen LogP contribution in [0.15, 0.2) is 104 Å². The fraction of sp³-hybridized carbons (Fsp3) is 0. The predicted molar refractivity (Wildman–Crippen MR) is 117 cm³/mol. The van der Waals surface area contributed by atoms with E-state index >= 15 is 0 Å². The Hall–Kier alpha value is -3.57. The Balaban J connectivity index is 1.65. The summed E-state index contributed by atoms with van der Waals surface area (Å²) in [6.45, 7) is 0. The first-order valence-corrected chi connectivity index (χ1v) is 10.0. The van der Waals surface area contributed by atoms with Gasteiger partial charge in [-0.3, -0.25) is 4.40 Å². The Morgan fingerprint density at radius 2 is 1.69 bits per heavy atom. The summed E-state index contributed by atoms with van der Waals surface area (Å²) in [5.74, 6) is 0. The molecule has 5 rings (SSSR count). The van der Waals surface area contributed by atoms with Crippen molar-refractivity contribution in [3.63, 3.8) is 0 Å². The molecule has 0 fully saturated rings. The molecule has 0 aliphatic rings. The van der Waals surface area contributed by atoms with Crippen molar-refractivity contribution < 1.29 is 4.42 Å². The molecule has 0 bridgehead atoms. The summed E-state index contributed by atoms with van der Waals surface area (Å²) in [6.07, 6.45) is 6.04. The lowest BCUT2D eigenvalue weighted by molar-refractivity contribution is 0.557. The van der Waals surface area contributed by atoms with Gasteiger partial charge in [0.2, 0.25) is 0 Å². The van der Waals surface area contributed by atoms with Gasteiger partial charge in [-0.05, 0) is 29.8 Å². The molecule has 140 valence electrons. The van der Waals surface area contributed by atoms with E-state index in [1.807, 2.05) is 83.4 Å². The van der Waals surface area contributed by atoms with Gasteiger partial charge < -0.3 is 4.42 Å². The first-order valence-electron chi connectivity index (χ1n) is 9.19. The molecule has 0 radical (unpaired) electrons. The lowest BCUT2D eigenvalue weighted by Crippen LogP contribution is -1.97. The molecule has 0 spiro atoms. The molecule has 0 saturated heterocycles. The van der Waals surface area contributed by atoms with Gasteiger partial charge >= 0.3 is 5.63 Å². The minimum atomic E-state index is -0.360. The van der Waals surface area contributed by atoms with E-state index in [0.717, 1.165) is 32.2 Å². The van der Waals surface area contributed by atoms with E-state index in [1.165, 1.54) is 11.8 Å². The van der Waals surface area contributed by atoms with Crippen LogP contribution in [0.1, 0.15) is 11.3 Å². The number of aromatic nitrogens is 2. The van der Waals surface area contributed by atoms with Crippen LogP contribution in [0.5, 0.6) is 0 Å². The SMILES string of the molecule is O=c1cc(Sc2c(C=Cc3ccccc3)nc3ccccn23)c2ccccc2o1. The Labute approximate surface area is 171 Å². The highest BCUT2D eigenvalue weighted by atomic mass is 32.2. The lowest BCUT2D eigenvalue weighted by atomic mass is 10.2. The number of rotatable bonds is 4. The van der Waals surface area contributed by atoms with Crippen molar-refractivity contribution in [1.82, 2.24) is 9.38 Å². The maximum Gasteiger partial charge on any atom is 0.337 e. The van der Waals surface area contributed by atoms with E-state index in [1.54, 1.807) is 6.07 Å². The molecule has 3 aromatic heterocycles. The second-order valence-electron chi connectivity index (χ2n) is 6.50. The second kappa shape index (κ2) is 7.45. The zero-order valence-electron chi connectivity index (χ0n) is 15.4. The zero-order valence-corrected chi connectivity index (χ0v) is 16.2.